The van der Waals surface area contributed by atoms with Crippen molar-refractivity contribution in [2.45, 2.75) is 44.8 Å². The molecule has 8 heteroatoms. The highest BCUT2D eigenvalue weighted by Gasteiger charge is 2.39. The van der Waals surface area contributed by atoms with Crippen LogP contribution < -0.4 is 9.47 Å². The highest BCUT2D eigenvalue weighted by atomic mass is 19.3. The Kier molecular flexibility index (Phi) is 5.29. The average molecular weight is 369 g/mol. The van der Waals surface area contributed by atoms with Crippen LogP contribution in [0, 0.1) is 5.92 Å². The molecule has 142 valence electrons. The van der Waals surface area contributed by atoms with Gasteiger partial charge in [0.05, 0.1) is 6.61 Å². The lowest BCUT2D eigenvalue weighted by Crippen LogP contribution is -2.39. The van der Waals surface area contributed by atoms with E-state index in [1.165, 1.54) is 17.9 Å². The first-order chi connectivity index (χ1) is 12.3. The van der Waals surface area contributed by atoms with E-state index >= 15 is 0 Å². The minimum atomic E-state index is -2.96. The van der Waals surface area contributed by atoms with Gasteiger partial charge in [-0.05, 0) is 42.9 Å². The summed E-state index contributed by atoms with van der Waals surface area (Å²) in [5.41, 5.74) is 0.743. The number of hydrogen-bond acceptors (Lipinski definition) is 4. The second kappa shape index (κ2) is 7.47. The highest BCUT2D eigenvalue weighted by molar-refractivity contribution is 5.83. The third-order valence-corrected chi connectivity index (χ3v) is 4.82. The summed E-state index contributed by atoms with van der Waals surface area (Å²) in [7, 11) is 0. The van der Waals surface area contributed by atoms with Gasteiger partial charge in [0, 0.05) is 19.4 Å². The number of benzene rings is 1. The van der Waals surface area contributed by atoms with E-state index in [0.717, 1.165) is 18.4 Å². The van der Waals surface area contributed by atoms with E-state index in [9.17, 15) is 23.5 Å². The number of halogens is 2. The lowest BCUT2D eigenvalue weighted by molar-refractivity contribution is -0.147. The van der Waals surface area contributed by atoms with Crippen molar-refractivity contribution in [3.8, 4) is 11.5 Å². The third kappa shape index (κ3) is 4.23. The van der Waals surface area contributed by atoms with Crippen molar-refractivity contribution in [1.29, 1.82) is 0 Å². The van der Waals surface area contributed by atoms with Crippen LogP contribution in [0.15, 0.2) is 18.2 Å². The number of ether oxygens (including phenoxy) is 2. The van der Waals surface area contributed by atoms with Gasteiger partial charge in [0.1, 0.15) is 6.04 Å². The lowest BCUT2D eigenvalue weighted by atomic mass is 9.96. The maximum atomic E-state index is 12.6. The molecule has 3 rings (SSSR count). The summed E-state index contributed by atoms with van der Waals surface area (Å²) in [6.45, 7) is -0.920. The minimum absolute atomic E-state index is 0.0411. The van der Waals surface area contributed by atoms with Crippen LogP contribution in [0.1, 0.15) is 37.7 Å². The molecule has 1 aromatic carbocycles. The van der Waals surface area contributed by atoms with Gasteiger partial charge in [-0.2, -0.15) is 8.78 Å². The molecule has 6 nitrogen and oxygen atoms in total. The molecule has 2 fully saturated rings. The van der Waals surface area contributed by atoms with E-state index in [-0.39, 0.29) is 36.3 Å². The zero-order valence-electron chi connectivity index (χ0n) is 14.4. The second-order valence-electron chi connectivity index (χ2n) is 6.80. The lowest BCUT2D eigenvalue weighted by Gasteiger charge is -2.19. The van der Waals surface area contributed by atoms with Gasteiger partial charge in [0.25, 0.3) is 0 Å². The molecule has 0 spiro atoms. The molecule has 1 aromatic rings. The molecule has 1 heterocycles. The van der Waals surface area contributed by atoms with Gasteiger partial charge in [-0.3, -0.25) is 4.79 Å². The monoisotopic (exact) mass is 369 g/mol. The largest absolute Gasteiger partial charge is 0.489 e. The Hall–Kier alpha value is -2.38. The number of alkyl halides is 2. The van der Waals surface area contributed by atoms with Crippen LogP contribution in [0.4, 0.5) is 8.78 Å². The Morgan fingerprint density at radius 3 is 2.58 bits per heavy atom. The number of likely N-dealkylation sites (tertiary alicyclic amines) is 1. The Balaban J connectivity index is 1.81. The predicted octanol–water partition coefficient (Wildman–Crippen LogP) is 2.87. The van der Waals surface area contributed by atoms with Crippen molar-refractivity contribution in [2.75, 3.05) is 13.2 Å². The van der Waals surface area contributed by atoms with Crippen molar-refractivity contribution in [2.24, 2.45) is 5.92 Å². The van der Waals surface area contributed by atoms with Crippen LogP contribution in [0.3, 0.4) is 0 Å². The molecule has 1 N–H and O–H groups in total. The molecule has 2 atom stereocenters. The number of amides is 1. The number of carboxylic acid groups (broad SMARTS) is 1. The van der Waals surface area contributed by atoms with Crippen molar-refractivity contribution in [1.82, 2.24) is 4.90 Å². The van der Waals surface area contributed by atoms with Gasteiger partial charge in [-0.1, -0.05) is 6.07 Å². The van der Waals surface area contributed by atoms with Crippen molar-refractivity contribution in [3.63, 3.8) is 0 Å². The van der Waals surface area contributed by atoms with Crippen molar-refractivity contribution in [3.05, 3.63) is 23.8 Å². The normalized spacial score (nSPS) is 22.5. The zero-order chi connectivity index (χ0) is 18.8. The smallest absolute Gasteiger partial charge is 0.387 e. The van der Waals surface area contributed by atoms with Crippen LogP contribution >= 0.6 is 0 Å². The Morgan fingerprint density at radius 2 is 2.04 bits per heavy atom. The molecular weight excluding hydrogens is 348 g/mol. The summed E-state index contributed by atoms with van der Waals surface area (Å²) >= 11 is 0. The van der Waals surface area contributed by atoms with E-state index in [1.54, 1.807) is 12.1 Å². The van der Waals surface area contributed by atoms with E-state index in [0.29, 0.717) is 12.5 Å². The first kappa shape index (κ1) is 18.4. The van der Waals surface area contributed by atoms with Crippen LogP contribution in [0.5, 0.6) is 11.5 Å². The van der Waals surface area contributed by atoms with E-state index < -0.39 is 18.6 Å². The van der Waals surface area contributed by atoms with Gasteiger partial charge < -0.3 is 19.5 Å². The molecular formula is C18H21F2NO5. The summed E-state index contributed by atoms with van der Waals surface area (Å²) in [5.74, 6) is -0.935. The number of nitrogens with zero attached hydrogens (tertiary/aromatic N) is 1. The second-order valence-corrected chi connectivity index (χ2v) is 6.80. The quantitative estimate of drug-likeness (QED) is 0.800. The highest BCUT2D eigenvalue weighted by Crippen LogP contribution is 2.38. The molecule has 1 saturated heterocycles. The van der Waals surface area contributed by atoms with Crippen LogP contribution in [-0.4, -0.2) is 47.7 Å². The molecule has 0 aromatic heterocycles. The first-order valence-corrected chi connectivity index (χ1v) is 8.56. The maximum absolute atomic E-state index is 12.6. The van der Waals surface area contributed by atoms with E-state index in [4.69, 9.17) is 4.74 Å². The third-order valence-electron chi connectivity index (χ3n) is 4.82. The summed E-state index contributed by atoms with van der Waals surface area (Å²) in [6, 6.07) is 3.77. The topological polar surface area (TPSA) is 76.1 Å². The molecule has 2 aliphatic rings. The van der Waals surface area contributed by atoms with Gasteiger partial charge in [-0.25, -0.2) is 4.79 Å². The van der Waals surface area contributed by atoms with Crippen LogP contribution in [0.25, 0.3) is 0 Å². The Morgan fingerprint density at radius 1 is 1.31 bits per heavy atom. The minimum Gasteiger partial charge on any atom is -0.489 e. The Labute approximate surface area is 149 Å². The van der Waals surface area contributed by atoms with E-state index in [1.807, 2.05) is 0 Å². The first-order valence-electron chi connectivity index (χ1n) is 8.56. The maximum Gasteiger partial charge on any atom is 0.387 e. The average Bonchev–Trinajstić information content (AvgIpc) is 3.28. The van der Waals surface area contributed by atoms with E-state index in [2.05, 4.69) is 4.74 Å². The number of carboxylic acids is 1. The number of rotatable bonds is 7. The number of carbonyl (C=O) groups is 2. The fourth-order valence-corrected chi connectivity index (χ4v) is 3.24. The van der Waals surface area contributed by atoms with Gasteiger partial charge >= 0.3 is 12.6 Å². The van der Waals surface area contributed by atoms with Crippen molar-refractivity contribution < 1.29 is 33.0 Å². The molecule has 0 bridgehead atoms. The fraction of sp³-hybridized carbons (Fsp3) is 0.556. The molecule has 1 saturated carbocycles. The molecule has 0 radical (unpaired) electrons. The SMILES string of the molecule is CC(=O)N1C[C@H](c2ccc(OC(F)F)c(OCC3CC3)c2)C[C@@H]1C(=O)O. The fourth-order valence-electron chi connectivity index (χ4n) is 3.24. The Bertz CT molecular complexity index is 670. The van der Waals surface area contributed by atoms with Crippen LogP contribution in [-0.2, 0) is 9.59 Å². The standard InChI is InChI=1S/C18H21F2NO5/c1-10(22)21-8-13(6-14(21)17(23)24)12-4-5-15(26-18(19)20)16(7-12)25-9-11-2-3-11/h4-5,7,11,13-14,18H,2-3,6,8-9H2,1H3,(H,23,24)/t13-,14-/m1/s1. The molecule has 1 aliphatic carbocycles. The van der Waals surface area contributed by atoms with Crippen molar-refractivity contribution >= 4 is 11.9 Å². The number of hydrogen-bond donors (Lipinski definition) is 1. The number of aliphatic carboxylic acids is 1. The van der Waals surface area contributed by atoms with Gasteiger partial charge in [-0.15, -0.1) is 0 Å². The summed E-state index contributed by atoms with van der Waals surface area (Å²) in [6.07, 6.45) is 2.38. The summed E-state index contributed by atoms with van der Waals surface area (Å²) in [5, 5.41) is 9.33. The zero-order valence-corrected chi connectivity index (χ0v) is 14.4. The van der Waals surface area contributed by atoms with Crippen LogP contribution in [0.2, 0.25) is 0 Å². The molecule has 0 unspecified atom stereocenters. The summed E-state index contributed by atoms with van der Waals surface area (Å²) in [4.78, 5) is 24.4. The summed E-state index contributed by atoms with van der Waals surface area (Å²) < 4.78 is 35.4. The molecule has 26 heavy (non-hydrogen) atoms. The molecule has 1 aliphatic heterocycles. The van der Waals surface area contributed by atoms with Gasteiger partial charge in [0.15, 0.2) is 11.5 Å². The number of carbonyl (C=O) groups excluding carboxylic acids is 1. The van der Waals surface area contributed by atoms with Gasteiger partial charge in [0.2, 0.25) is 5.91 Å². The molecule has 1 amide bonds. The predicted molar refractivity (Wildman–Crippen MR) is 87.5 cm³/mol.